The molecule has 0 heterocycles. The third kappa shape index (κ3) is 10.1. The van der Waals surface area contributed by atoms with Crippen molar-refractivity contribution >= 4 is 5.97 Å². The van der Waals surface area contributed by atoms with Gasteiger partial charge in [0.1, 0.15) is 6.04 Å². The second-order valence-corrected chi connectivity index (χ2v) is 4.06. The van der Waals surface area contributed by atoms with Crippen LogP contribution < -0.4 is 5.32 Å². The third-order valence-corrected chi connectivity index (χ3v) is 2.42. The van der Waals surface area contributed by atoms with Crippen molar-refractivity contribution in [1.29, 1.82) is 0 Å². The number of hydrogen-bond donors (Lipinski definition) is 2. The lowest BCUT2D eigenvalue weighted by atomic mass is 10.1. The van der Waals surface area contributed by atoms with Crippen LogP contribution >= 0.6 is 0 Å². The molecule has 0 saturated carbocycles. The van der Waals surface area contributed by atoms with Gasteiger partial charge in [0.2, 0.25) is 0 Å². The first-order valence-electron chi connectivity index (χ1n) is 5.89. The van der Waals surface area contributed by atoms with Crippen LogP contribution in [0.15, 0.2) is 0 Å². The Morgan fingerprint density at radius 3 is 2.41 bits per heavy atom. The van der Waals surface area contributed by atoms with Gasteiger partial charge in [-0.15, -0.1) is 0 Å². The summed E-state index contributed by atoms with van der Waals surface area (Å²) in [7, 11) is 0. The quantitative estimate of drug-likeness (QED) is 0.623. The summed E-state index contributed by atoms with van der Waals surface area (Å²) >= 11 is 0. The monoisotopic (exact) mass is 255 g/mol. The fourth-order valence-corrected chi connectivity index (χ4v) is 1.45. The van der Waals surface area contributed by atoms with E-state index >= 15 is 0 Å². The fourth-order valence-electron chi connectivity index (χ4n) is 1.45. The number of carboxylic acids is 1. The van der Waals surface area contributed by atoms with Gasteiger partial charge < -0.3 is 10.4 Å². The summed E-state index contributed by atoms with van der Waals surface area (Å²) in [6.07, 6.45) is -2.32. The number of halogens is 3. The SMILES string of the molecule is CCCCC(NCCCCC(F)(F)F)C(=O)O. The highest BCUT2D eigenvalue weighted by molar-refractivity contribution is 5.73. The molecule has 0 fully saturated rings. The molecule has 2 N–H and O–H groups in total. The Morgan fingerprint density at radius 2 is 1.94 bits per heavy atom. The molecule has 0 rings (SSSR count). The van der Waals surface area contributed by atoms with Crippen LogP contribution in [0, 0.1) is 0 Å². The lowest BCUT2D eigenvalue weighted by molar-refractivity contribution is -0.140. The van der Waals surface area contributed by atoms with Gasteiger partial charge in [0.15, 0.2) is 0 Å². The van der Waals surface area contributed by atoms with Crippen molar-refractivity contribution in [1.82, 2.24) is 5.32 Å². The average molecular weight is 255 g/mol. The number of rotatable bonds is 9. The van der Waals surface area contributed by atoms with Crippen LogP contribution in [0.1, 0.15) is 45.4 Å². The van der Waals surface area contributed by atoms with Crippen LogP contribution in [0.25, 0.3) is 0 Å². The molecular weight excluding hydrogens is 235 g/mol. The molecule has 0 aliphatic heterocycles. The number of carbonyl (C=O) groups is 1. The van der Waals surface area contributed by atoms with Gasteiger partial charge >= 0.3 is 12.1 Å². The molecule has 0 amide bonds. The predicted octanol–water partition coefficient (Wildman–Crippen LogP) is 2.95. The number of alkyl halides is 3. The maximum Gasteiger partial charge on any atom is 0.389 e. The van der Waals surface area contributed by atoms with Crippen LogP contribution in [0.2, 0.25) is 0 Å². The summed E-state index contributed by atoms with van der Waals surface area (Å²) in [5.41, 5.74) is 0. The Bertz CT molecular complexity index is 219. The lowest BCUT2D eigenvalue weighted by Crippen LogP contribution is -2.37. The normalized spacial score (nSPS) is 13.6. The van der Waals surface area contributed by atoms with E-state index in [-0.39, 0.29) is 6.42 Å². The van der Waals surface area contributed by atoms with E-state index < -0.39 is 24.6 Å². The highest BCUT2D eigenvalue weighted by Gasteiger charge is 2.25. The number of carboxylic acid groups (broad SMARTS) is 1. The summed E-state index contributed by atoms with van der Waals surface area (Å²) in [4.78, 5) is 10.8. The van der Waals surface area contributed by atoms with E-state index in [0.29, 0.717) is 19.4 Å². The number of aliphatic carboxylic acids is 1. The zero-order valence-electron chi connectivity index (χ0n) is 10.0. The molecule has 102 valence electrons. The fraction of sp³-hybridized carbons (Fsp3) is 0.909. The van der Waals surface area contributed by atoms with Crippen molar-refractivity contribution in [2.75, 3.05) is 6.54 Å². The van der Waals surface area contributed by atoms with E-state index in [1.807, 2.05) is 6.92 Å². The molecule has 0 aromatic rings. The van der Waals surface area contributed by atoms with E-state index in [0.717, 1.165) is 12.8 Å². The zero-order valence-corrected chi connectivity index (χ0v) is 10.0. The van der Waals surface area contributed by atoms with E-state index in [4.69, 9.17) is 5.11 Å². The minimum atomic E-state index is -4.12. The highest BCUT2D eigenvalue weighted by atomic mass is 19.4. The third-order valence-electron chi connectivity index (χ3n) is 2.42. The Morgan fingerprint density at radius 1 is 1.29 bits per heavy atom. The Hall–Kier alpha value is -0.780. The van der Waals surface area contributed by atoms with Gasteiger partial charge in [-0.3, -0.25) is 4.79 Å². The smallest absolute Gasteiger partial charge is 0.389 e. The van der Waals surface area contributed by atoms with Crippen LogP contribution in [0.5, 0.6) is 0 Å². The molecule has 1 atom stereocenters. The maximum absolute atomic E-state index is 11.8. The molecule has 0 aromatic carbocycles. The second-order valence-electron chi connectivity index (χ2n) is 4.06. The summed E-state index contributed by atoms with van der Waals surface area (Å²) in [5, 5.41) is 11.6. The van der Waals surface area contributed by atoms with Crippen molar-refractivity contribution < 1.29 is 23.1 Å². The molecule has 0 saturated heterocycles. The van der Waals surface area contributed by atoms with E-state index in [2.05, 4.69) is 5.32 Å². The molecule has 0 bridgehead atoms. The molecule has 0 radical (unpaired) electrons. The number of hydrogen-bond acceptors (Lipinski definition) is 2. The Kier molecular flexibility index (Phi) is 7.95. The molecule has 0 aliphatic rings. The summed E-state index contributed by atoms with van der Waals surface area (Å²) in [6.45, 7) is 2.28. The van der Waals surface area contributed by atoms with Crippen LogP contribution in [0.4, 0.5) is 13.2 Å². The van der Waals surface area contributed by atoms with Gasteiger partial charge in [0.05, 0.1) is 0 Å². The topological polar surface area (TPSA) is 49.3 Å². The molecular formula is C11H20F3NO2. The average Bonchev–Trinajstić information content (AvgIpc) is 2.20. The molecule has 0 aliphatic carbocycles. The van der Waals surface area contributed by atoms with Crippen LogP contribution in [-0.4, -0.2) is 29.8 Å². The van der Waals surface area contributed by atoms with Crippen molar-refractivity contribution in [3.8, 4) is 0 Å². The summed E-state index contributed by atoms with van der Waals surface area (Å²) in [5.74, 6) is -0.936. The first-order chi connectivity index (χ1) is 7.87. The Labute approximate surface area is 99.4 Å². The molecule has 0 spiro atoms. The molecule has 3 nitrogen and oxygen atoms in total. The van der Waals surface area contributed by atoms with Gasteiger partial charge in [-0.25, -0.2) is 0 Å². The minimum absolute atomic E-state index is 0.0383. The zero-order chi connectivity index (χ0) is 13.3. The summed E-state index contributed by atoms with van der Waals surface area (Å²) < 4.78 is 35.5. The second kappa shape index (κ2) is 8.33. The van der Waals surface area contributed by atoms with Gasteiger partial charge in [-0.2, -0.15) is 13.2 Å². The Balaban J connectivity index is 3.65. The predicted molar refractivity (Wildman–Crippen MR) is 58.9 cm³/mol. The van der Waals surface area contributed by atoms with Crippen molar-refractivity contribution in [2.24, 2.45) is 0 Å². The molecule has 0 aromatic heterocycles. The van der Waals surface area contributed by atoms with Crippen molar-refractivity contribution in [3.63, 3.8) is 0 Å². The van der Waals surface area contributed by atoms with Crippen LogP contribution in [0.3, 0.4) is 0 Å². The van der Waals surface area contributed by atoms with Gasteiger partial charge in [0, 0.05) is 6.42 Å². The van der Waals surface area contributed by atoms with Gasteiger partial charge in [-0.05, 0) is 25.8 Å². The minimum Gasteiger partial charge on any atom is -0.480 e. The van der Waals surface area contributed by atoms with E-state index in [1.165, 1.54) is 0 Å². The van der Waals surface area contributed by atoms with Crippen LogP contribution in [-0.2, 0) is 4.79 Å². The molecule has 1 unspecified atom stereocenters. The van der Waals surface area contributed by atoms with Gasteiger partial charge in [0.25, 0.3) is 0 Å². The van der Waals surface area contributed by atoms with E-state index in [9.17, 15) is 18.0 Å². The summed E-state index contributed by atoms with van der Waals surface area (Å²) in [6, 6.07) is -0.638. The highest BCUT2D eigenvalue weighted by Crippen LogP contribution is 2.21. The van der Waals surface area contributed by atoms with Crippen molar-refractivity contribution in [3.05, 3.63) is 0 Å². The number of unbranched alkanes of at least 4 members (excludes halogenated alkanes) is 2. The molecule has 17 heavy (non-hydrogen) atoms. The number of nitrogens with one attached hydrogen (secondary N) is 1. The lowest BCUT2D eigenvalue weighted by Gasteiger charge is -2.14. The standard InChI is InChI=1S/C11H20F3NO2/c1-2-3-6-9(10(16)17)15-8-5-4-7-11(12,13)14/h9,15H,2-8H2,1H3,(H,16,17). The van der Waals surface area contributed by atoms with Crippen molar-refractivity contribution in [2.45, 2.75) is 57.7 Å². The maximum atomic E-state index is 11.8. The first-order valence-corrected chi connectivity index (χ1v) is 5.89. The molecule has 6 heteroatoms. The first kappa shape index (κ1) is 16.2. The van der Waals surface area contributed by atoms with Gasteiger partial charge in [-0.1, -0.05) is 19.8 Å². The van der Waals surface area contributed by atoms with E-state index in [1.54, 1.807) is 0 Å². The largest absolute Gasteiger partial charge is 0.480 e.